The zero-order chi connectivity index (χ0) is 14.9. The Morgan fingerprint density at radius 1 is 1.00 bits per heavy atom. The molecule has 0 aromatic carbocycles. The van der Waals surface area contributed by atoms with Crippen LogP contribution >= 0.6 is 0 Å². The smallest absolute Gasteiger partial charge is 0.0919 e. The summed E-state index contributed by atoms with van der Waals surface area (Å²) in [6, 6.07) is 0. The molecule has 1 spiro atoms. The lowest BCUT2D eigenvalue weighted by Gasteiger charge is -2.55. The molecule has 0 radical (unpaired) electrons. The van der Waals surface area contributed by atoms with Gasteiger partial charge in [0.1, 0.15) is 0 Å². The van der Waals surface area contributed by atoms with Gasteiger partial charge >= 0.3 is 0 Å². The van der Waals surface area contributed by atoms with Gasteiger partial charge in [-0.2, -0.15) is 0 Å². The Balaban J connectivity index is 1.40. The van der Waals surface area contributed by atoms with Gasteiger partial charge in [0.25, 0.3) is 0 Å². The highest BCUT2D eigenvalue weighted by Gasteiger charge is 2.58. The van der Waals surface area contributed by atoms with E-state index in [1.807, 2.05) is 0 Å². The summed E-state index contributed by atoms with van der Waals surface area (Å²) in [4.78, 5) is 0. The van der Waals surface area contributed by atoms with Crippen LogP contribution in [0.2, 0.25) is 0 Å². The van der Waals surface area contributed by atoms with E-state index in [1.54, 1.807) is 5.57 Å². The lowest BCUT2D eigenvalue weighted by Crippen LogP contribution is -2.48. The molecule has 1 heteroatoms. The molecule has 0 amide bonds. The van der Waals surface area contributed by atoms with Gasteiger partial charge in [0.2, 0.25) is 0 Å². The number of hydrogen-bond donors (Lipinski definition) is 0. The number of hydrogen-bond acceptors (Lipinski definition) is 1. The third-order valence-electron chi connectivity index (χ3n) is 8.84. The van der Waals surface area contributed by atoms with Crippen molar-refractivity contribution in [3.05, 3.63) is 11.6 Å². The molecule has 1 nitrogen and oxygen atoms in total. The average Bonchev–Trinajstić information content (AvgIpc) is 3.17. The Bertz CT molecular complexity index is 502. The largest absolute Gasteiger partial charge is 0.370 e. The predicted octanol–water partition coefficient (Wildman–Crippen LogP) is 5.35. The van der Waals surface area contributed by atoms with E-state index >= 15 is 0 Å². The molecule has 0 aromatic heterocycles. The van der Waals surface area contributed by atoms with Gasteiger partial charge in [-0.05, 0) is 99.7 Å². The molecule has 0 bridgehead atoms. The van der Waals surface area contributed by atoms with Crippen LogP contribution in [0.25, 0.3) is 0 Å². The number of epoxide rings is 1. The second-order valence-electron chi connectivity index (χ2n) is 9.46. The summed E-state index contributed by atoms with van der Waals surface area (Å²) in [7, 11) is 0. The van der Waals surface area contributed by atoms with E-state index in [9.17, 15) is 0 Å². The van der Waals surface area contributed by atoms with Crippen LogP contribution in [0.3, 0.4) is 0 Å². The molecule has 4 saturated carbocycles. The Labute approximate surface area is 135 Å². The molecule has 5 aliphatic rings. The lowest BCUT2D eigenvalue weighted by atomic mass is 9.50. The van der Waals surface area contributed by atoms with E-state index < -0.39 is 0 Å². The Morgan fingerprint density at radius 3 is 2.59 bits per heavy atom. The average molecular weight is 300 g/mol. The van der Waals surface area contributed by atoms with Gasteiger partial charge in [-0.15, -0.1) is 0 Å². The molecule has 5 rings (SSSR count). The highest BCUT2D eigenvalue weighted by atomic mass is 16.6. The second kappa shape index (κ2) is 4.62. The van der Waals surface area contributed by atoms with E-state index in [4.69, 9.17) is 4.74 Å². The highest BCUT2D eigenvalue weighted by molar-refractivity contribution is 5.23. The first-order chi connectivity index (χ1) is 10.7. The van der Waals surface area contributed by atoms with Crippen LogP contribution in [0.5, 0.6) is 0 Å². The summed E-state index contributed by atoms with van der Waals surface area (Å²) in [6.07, 6.45) is 15.6. The minimum absolute atomic E-state index is 0.378. The van der Waals surface area contributed by atoms with E-state index in [0.29, 0.717) is 11.0 Å². The fourth-order valence-electron chi connectivity index (χ4n) is 7.63. The van der Waals surface area contributed by atoms with Gasteiger partial charge in [-0.25, -0.2) is 0 Å². The molecular formula is C21H32O. The SMILES string of the molecule is CC=C1CC[C@H]2[C@@H]3CC[C@@H]4C[C@]5(CC[C@@H]4[C@H]3CC[C@]12C)CO5. The zero-order valence-electron chi connectivity index (χ0n) is 14.4. The minimum Gasteiger partial charge on any atom is -0.370 e. The van der Waals surface area contributed by atoms with E-state index in [2.05, 4.69) is 19.9 Å². The molecule has 1 heterocycles. The van der Waals surface area contributed by atoms with Crippen LogP contribution < -0.4 is 0 Å². The number of allylic oxidation sites excluding steroid dienone is 2. The van der Waals surface area contributed by atoms with Crippen molar-refractivity contribution >= 4 is 0 Å². The van der Waals surface area contributed by atoms with Crippen LogP contribution in [0, 0.1) is 35.0 Å². The van der Waals surface area contributed by atoms with Crippen molar-refractivity contribution in [2.45, 2.75) is 77.2 Å². The normalized spacial score (nSPS) is 58.3. The van der Waals surface area contributed by atoms with Gasteiger partial charge in [-0.1, -0.05) is 18.6 Å². The molecule has 122 valence electrons. The second-order valence-corrected chi connectivity index (χ2v) is 9.46. The lowest BCUT2D eigenvalue weighted by molar-refractivity contribution is -0.0518. The maximum atomic E-state index is 5.83. The van der Waals surface area contributed by atoms with Crippen LogP contribution in [0.1, 0.15) is 71.6 Å². The molecule has 4 aliphatic carbocycles. The van der Waals surface area contributed by atoms with Crippen LogP contribution in [0.15, 0.2) is 11.6 Å². The molecule has 0 unspecified atom stereocenters. The summed E-state index contributed by atoms with van der Waals surface area (Å²) in [5.74, 6) is 5.17. The van der Waals surface area contributed by atoms with Crippen LogP contribution in [0.4, 0.5) is 0 Å². The molecule has 1 aliphatic heterocycles. The monoisotopic (exact) mass is 300 g/mol. The Kier molecular flexibility index (Phi) is 2.96. The predicted molar refractivity (Wildman–Crippen MR) is 89.6 cm³/mol. The van der Waals surface area contributed by atoms with Crippen molar-refractivity contribution in [2.24, 2.45) is 35.0 Å². The standard InChI is InChI=1S/C21H32O/c1-3-15-5-7-19-18-6-4-14-12-21(13-22-21)11-9-16(14)17(18)8-10-20(15,19)2/h3,14,16-19H,4-13H2,1-2H3/t14-,16+,17-,18-,19+,20-,21-/m1/s1. The van der Waals surface area contributed by atoms with Crippen molar-refractivity contribution in [3.63, 3.8) is 0 Å². The van der Waals surface area contributed by atoms with E-state index in [1.165, 1.54) is 57.8 Å². The van der Waals surface area contributed by atoms with Gasteiger partial charge in [0, 0.05) is 0 Å². The first-order valence-electron chi connectivity index (χ1n) is 9.95. The quantitative estimate of drug-likeness (QED) is 0.434. The molecule has 0 N–H and O–H groups in total. The summed E-state index contributed by atoms with van der Waals surface area (Å²) >= 11 is 0. The van der Waals surface area contributed by atoms with Gasteiger partial charge in [0.05, 0.1) is 12.2 Å². The summed E-state index contributed by atoms with van der Waals surface area (Å²) < 4.78 is 5.83. The third-order valence-corrected chi connectivity index (χ3v) is 8.84. The Hall–Kier alpha value is -0.300. The first-order valence-corrected chi connectivity index (χ1v) is 9.95. The summed E-state index contributed by atoms with van der Waals surface area (Å²) in [6.45, 7) is 5.97. The van der Waals surface area contributed by atoms with Crippen molar-refractivity contribution < 1.29 is 4.74 Å². The van der Waals surface area contributed by atoms with Crippen molar-refractivity contribution in [1.82, 2.24) is 0 Å². The van der Waals surface area contributed by atoms with E-state index in [-0.39, 0.29) is 0 Å². The van der Waals surface area contributed by atoms with Crippen molar-refractivity contribution in [2.75, 3.05) is 6.61 Å². The summed E-state index contributed by atoms with van der Waals surface area (Å²) in [5, 5.41) is 0. The molecule has 0 aromatic rings. The van der Waals surface area contributed by atoms with Crippen molar-refractivity contribution in [3.8, 4) is 0 Å². The summed E-state index contributed by atoms with van der Waals surface area (Å²) in [5.41, 5.74) is 2.74. The third kappa shape index (κ3) is 1.81. The maximum absolute atomic E-state index is 5.83. The fourth-order valence-corrected chi connectivity index (χ4v) is 7.63. The van der Waals surface area contributed by atoms with E-state index in [0.717, 1.165) is 36.2 Å². The van der Waals surface area contributed by atoms with Gasteiger partial charge in [-0.3, -0.25) is 0 Å². The highest BCUT2D eigenvalue weighted by Crippen LogP contribution is 2.65. The van der Waals surface area contributed by atoms with Gasteiger partial charge < -0.3 is 4.74 Å². The van der Waals surface area contributed by atoms with Crippen LogP contribution in [-0.2, 0) is 4.74 Å². The molecule has 22 heavy (non-hydrogen) atoms. The zero-order valence-corrected chi connectivity index (χ0v) is 14.4. The first kappa shape index (κ1) is 14.1. The topological polar surface area (TPSA) is 12.5 Å². The fraction of sp³-hybridized carbons (Fsp3) is 0.905. The minimum atomic E-state index is 0.378. The van der Waals surface area contributed by atoms with Gasteiger partial charge in [0.15, 0.2) is 0 Å². The number of rotatable bonds is 0. The maximum Gasteiger partial charge on any atom is 0.0919 e. The number of fused-ring (bicyclic) bond motifs is 5. The molecule has 7 atom stereocenters. The molecule has 1 saturated heterocycles. The number of ether oxygens (including phenoxy) is 1. The Morgan fingerprint density at radius 2 is 1.82 bits per heavy atom. The van der Waals surface area contributed by atoms with Crippen LogP contribution in [-0.4, -0.2) is 12.2 Å². The molecule has 5 fully saturated rings. The molecular weight excluding hydrogens is 268 g/mol. The van der Waals surface area contributed by atoms with Crippen molar-refractivity contribution in [1.29, 1.82) is 0 Å².